The molecule has 0 N–H and O–H groups in total. The molecule has 0 unspecified atom stereocenters. The van der Waals surface area contributed by atoms with Crippen molar-refractivity contribution in [2.45, 2.75) is 0 Å². The molecule has 2 heteroatoms. The molecule has 0 aliphatic rings. The van der Waals surface area contributed by atoms with Gasteiger partial charge in [0, 0.05) is 33.9 Å². The maximum absolute atomic E-state index is 5.01. The first-order valence-corrected chi connectivity index (χ1v) is 20.9. The number of nitrogens with zero attached hydrogens (tertiary/aromatic N) is 2. The number of aromatic nitrogens is 1. The molecular formula is C59H40N2. The third-order valence-corrected chi connectivity index (χ3v) is 11.9. The van der Waals surface area contributed by atoms with Gasteiger partial charge in [-0.2, -0.15) is 0 Å². The van der Waals surface area contributed by atoms with Crippen LogP contribution < -0.4 is 4.90 Å². The fraction of sp³-hybridized carbons (Fsp3) is 0. The summed E-state index contributed by atoms with van der Waals surface area (Å²) in [5.74, 6) is 0. The van der Waals surface area contributed by atoms with Crippen molar-refractivity contribution in [2.24, 2.45) is 0 Å². The Balaban J connectivity index is 1.09. The van der Waals surface area contributed by atoms with Crippen LogP contribution in [0.3, 0.4) is 0 Å². The van der Waals surface area contributed by atoms with Crippen molar-refractivity contribution >= 4 is 49.5 Å². The molecule has 1 heterocycles. The number of para-hydroxylation sites is 1. The molecule has 0 radical (unpaired) electrons. The van der Waals surface area contributed by atoms with E-state index in [1.54, 1.807) is 0 Å². The van der Waals surface area contributed by atoms with Crippen LogP contribution in [0.1, 0.15) is 0 Å². The van der Waals surface area contributed by atoms with Crippen LogP contribution in [0.15, 0.2) is 243 Å². The van der Waals surface area contributed by atoms with Crippen LogP contribution in [0, 0.1) is 0 Å². The molecule has 0 atom stereocenters. The Morgan fingerprint density at radius 2 is 0.820 bits per heavy atom. The zero-order valence-corrected chi connectivity index (χ0v) is 33.5. The molecule has 0 saturated heterocycles. The highest BCUT2D eigenvalue weighted by Crippen LogP contribution is 2.47. The molecule has 286 valence electrons. The van der Waals surface area contributed by atoms with Crippen molar-refractivity contribution in [3.8, 4) is 55.6 Å². The Kier molecular flexibility index (Phi) is 9.22. The lowest BCUT2D eigenvalue weighted by Crippen LogP contribution is -2.11. The van der Waals surface area contributed by atoms with E-state index in [1.165, 1.54) is 66.1 Å². The Morgan fingerprint density at radius 3 is 1.49 bits per heavy atom. The highest BCUT2D eigenvalue weighted by atomic mass is 15.1. The van der Waals surface area contributed by atoms with Crippen LogP contribution in [-0.2, 0) is 0 Å². The molecule has 2 nitrogen and oxygen atoms in total. The predicted molar refractivity (Wildman–Crippen MR) is 259 cm³/mol. The molecule has 1 aromatic heterocycles. The van der Waals surface area contributed by atoms with Crippen LogP contribution >= 0.6 is 0 Å². The SMILES string of the molecule is c1ccc(-c2ccc(N(c3ccccc3)c3ccc(-c4ccc5c(-c6ccccc6)c6c(ccc7cccnc76)c(-c6ccccc6)c5c4)cc3)c(-c3ccccc3)c2)cc1. The summed E-state index contributed by atoms with van der Waals surface area (Å²) in [4.78, 5) is 7.39. The maximum atomic E-state index is 5.01. The van der Waals surface area contributed by atoms with Crippen molar-refractivity contribution < 1.29 is 0 Å². The first kappa shape index (κ1) is 36.0. The van der Waals surface area contributed by atoms with Gasteiger partial charge in [-0.05, 0) is 115 Å². The molecule has 0 spiro atoms. The average molecular weight is 777 g/mol. The Bertz CT molecular complexity index is 3310. The van der Waals surface area contributed by atoms with E-state index >= 15 is 0 Å². The summed E-state index contributed by atoms with van der Waals surface area (Å²) < 4.78 is 0. The number of rotatable bonds is 8. The van der Waals surface area contributed by atoms with E-state index in [-0.39, 0.29) is 0 Å². The molecule has 0 aliphatic heterocycles. The quantitative estimate of drug-likeness (QED) is 0.113. The fourth-order valence-corrected chi connectivity index (χ4v) is 9.05. The summed E-state index contributed by atoms with van der Waals surface area (Å²) >= 11 is 0. The van der Waals surface area contributed by atoms with E-state index in [9.17, 15) is 0 Å². The van der Waals surface area contributed by atoms with Crippen LogP contribution in [0.2, 0.25) is 0 Å². The lowest BCUT2D eigenvalue weighted by molar-refractivity contribution is 1.28. The van der Waals surface area contributed by atoms with Crippen LogP contribution in [0.25, 0.3) is 88.1 Å². The largest absolute Gasteiger partial charge is 0.310 e. The summed E-state index contributed by atoms with van der Waals surface area (Å²) in [7, 11) is 0. The lowest BCUT2D eigenvalue weighted by atomic mass is 9.84. The zero-order valence-electron chi connectivity index (χ0n) is 33.5. The van der Waals surface area contributed by atoms with E-state index in [0.717, 1.165) is 39.1 Å². The Hall–Kier alpha value is -8.07. The van der Waals surface area contributed by atoms with Gasteiger partial charge in [0.2, 0.25) is 0 Å². The monoisotopic (exact) mass is 776 g/mol. The van der Waals surface area contributed by atoms with Gasteiger partial charge in [0.25, 0.3) is 0 Å². The fourth-order valence-electron chi connectivity index (χ4n) is 9.05. The molecule has 11 rings (SSSR count). The standard InChI is InChI=1S/C59H40N2/c1-6-17-41(18-7-1)48-32-37-55(53(39-48)43-19-8-2-9-20-43)61(49-26-14-5-15-27-49)50-33-28-42(29-34-50)47-31-35-51-54(40-47)56(44-21-10-3-11-22-44)52-36-30-46-25-16-38-60-59(46)58(52)57(51)45-23-12-4-13-24-45/h1-40H. The summed E-state index contributed by atoms with van der Waals surface area (Å²) in [5, 5.41) is 5.93. The van der Waals surface area contributed by atoms with Crippen molar-refractivity contribution in [3.05, 3.63) is 243 Å². The topological polar surface area (TPSA) is 16.1 Å². The van der Waals surface area contributed by atoms with Gasteiger partial charge in [-0.15, -0.1) is 0 Å². The molecule has 61 heavy (non-hydrogen) atoms. The molecule has 0 aliphatic carbocycles. The molecule has 0 fully saturated rings. The minimum absolute atomic E-state index is 1.02. The number of hydrogen-bond donors (Lipinski definition) is 0. The minimum atomic E-state index is 1.02. The van der Waals surface area contributed by atoms with Crippen molar-refractivity contribution in [1.29, 1.82) is 0 Å². The summed E-state index contributed by atoms with van der Waals surface area (Å²) in [6, 6.07) is 85.3. The third kappa shape index (κ3) is 6.61. The van der Waals surface area contributed by atoms with Gasteiger partial charge in [0.15, 0.2) is 0 Å². The van der Waals surface area contributed by atoms with Gasteiger partial charge >= 0.3 is 0 Å². The summed E-state index contributed by atoms with van der Waals surface area (Å²) in [5.41, 5.74) is 16.2. The minimum Gasteiger partial charge on any atom is -0.310 e. The van der Waals surface area contributed by atoms with Crippen molar-refractivity contribution in [2.75, 3.05) is 4.90 Å². The van der Waals surface area contributed by atoms with Gasteiger partial charge in [-0.25, -0.2) is 0 Å². The second-order valence-electron chi connectivity index (χ2n) is 15.5. The molecule has 11 aromatic rings. The number of benzene rings is 10. The summed E-state index contributed by atoms with van der Waals surface area (Å²) in [6.45, 7) is 0. The van der Waals surface area contributed by atoms with Gasteiger partial charge in [0.05, 0.1) is 11.2 Å². The van der Waals surface area contributed by atoms with E-state index in [2.05, 4.69) is 235 Å². The number of fused-ring (bicyclic) bond motifs is 4. The van der Waals surface area contributed by atoms with Crippen molar-refractivity contribution in [3.63, 3.8) is 0 Å². The van der Waals surface area contributed by atoms with E-state index in [1.807, 2.05) is 12.3 Å². The van der Waals surface area contributed by atoms with Crippen LogP contribution in [0.5, 0.6) is 0 Å². The van der Waals surface area contributed by atoms with Gasteiger partial charge in [-0.1, -0.05) is 188 Å². The molecule has 0 amide bonds. The van der Waals surface area contributed by atoms with E-state index < -0.39 is 0 Å². The van der Waals surface area contributed by atoms with E-state index in [4.69, 9.17) is 4.98 Å². The van der Waals surface area contributed by atoms with Gasteiger partial charge < -0.3 is 4.90 Å². The average Bonchev–Trinajstić information content (AvgIpc) is 3.35. The zero-order chi connectivity index (χ0) is 40.5. The smallest absolute Gasteiger partial charge is 0.0786 e. The normalized spacial score (nSPS) is 11.3. The molecular weight excluding hydrogens is 737 g/mol. The van der Waals surface area contributed by atoms with E-state index in [0.29, 0.717) is 0 Å². The van der Waals surface area contributed by atoms with Crippen molar-refractivity contribution in [1.82, 2.24) is 4.98 Å². The molecule has 10 aromatic carbocycles. The molecule has 0 bridgehead atoms. The van der Waals surface area contributed by atoms with Crippen LogP contribution in [-0.4, -0.2) is 4.98 Å². The maximum Gasteiger partial charge on any atom is 0.0786 e. The Labute approximate surface area is 356 Å². The first-order chi connectivity index (χ1) is 30.3. The van der Waals surface area contributed by atoms with Crippen LogP contribution in [0.4, 0.5) is 17.1 Å². The van der Waals surface area contributed by atoms with Gasteiger partial charge in [0.1, 0.15) is 0 Å². The second kappa shape index (κ2) is 15.6. The molecule has 0 saturated carbocycles. The number of hydrogen-bond acceptors (Lipinski definition) is 2. The Morgan fingerprint density at radius 1 is 0.311 bits per heavy atom. The summed E-state index contributed by atoms with van der Waals surface area (Å²) in [6.07, 6.45) is 1.91. The second-order valence-corrected chi connectivity index (χ2v) is 15.5. The number of anilines is 3. The highest BCUT2D eigenvalue weighted by Gasteiger charge is 2.21. The van der Waals surface area contributed by atoms with Gasteiger partial charge in [-0.3, -0.25) is 4.98 Å². The number of pyridine rings is 1. The lowest BCUT2D eigenvalue weighted by Gasteiger charge is -2.28. The third-order valence-electron chi connectivity index (χ3n) is 11.9. The predicted octanol–water partition coefficient (Wildman–Crippen LogP) is 16.3. The highest BCUT2D eigenvalue weighted by molar-refractivity contribution is 6.27. The first-order valence-electron chi connectivity index (χ1n) is 20.9.